The summed E-state index contributed by atoms with van der Waals surface area (Å²) >= 11 is 0. The number of aryl methyl sites for hydroxylation is 3. The van der Waals surface area contributed by atoms with E-state index in [0.717, 1.165) is 34.2 Å². The second kappa shape index (κ2) is 4.64. The zero-order valence-electron chi connectivity index (χ0n) is 12.0. The molecule has 3 aromatic rings. The normalized spacial score (nSPS) is 10.9. The lowest BCUT2D eigenvalue weighted by molar-refractivity contribution is 0.111. The number of aromatic nitrogens is 1. The van der Waals surface area contributed by atoms with Crippen LogP contribution in [0.3, 0.4) is 0 Å². The van der Waals surface area contributed by atoms with Gasteiger partial charge in [0.2, 0.25) is 0 Å². The molecular weight excluding hydrogens is 246 g/mol. The number of rotatable bonds is 2. The molecule has 3 rings (SSSR count). The molecule has 0 aliphatic carbocycles. The highest BCUT2D eigenvalue weighted by Gasteiger charge is 2.13. The molecular formula is C18H17NO. The van der Waals surface area contributed by atoms with Crippen LogP contribution >= 0.6 is 0 Å². The first-order valence-corrected chi connectivity index (χ1v) is 6.74. The Morgan fingerprint density at radius 2 is 1.65 bits per heavy atom. The Balaban J connectivity index is 2.33. The SMILES string of the molecule is Cc1ccc(-c2cc3ccc(C)cn3c2C=O)c(C)c1. The van der Waals surface area contributed by atoms with E-state index in [2.05, 4.69) is 50.2 Å². The summed E-state index contributed by atoms with van der Waals surface area (Å²) < 4.78 is 1.97. The molecule has 2 heteroatoms. The molecule has 0 atom stereocenters. The summed E-state index contributed by atoms with van der Waals surface area (Å²) in [7, 11) is 0. The molecule has 20 heavy (non-hydrogen) atoms. The Morgan fingerprint density at radius 3 is 2.35 bits per heavy atom. The van der Waals surface area contributed by atoms with Crippen molar-refractivity contribution in [2.45, 2.75) is 20.8 Å². The predicted molar refractivity (Wildman–Crippen MR) is 82.4 cm³/mol. The molecule has 0 fully saturated rings. The highest BCUT2D eigenvalue weighted by molar-refractivity contribution is 5.90. The van der Waals surface area contributed by atoms with Crippen LogP contribution in [-0.4, -0.2) is 10.7 Å². The number of carbonyl (C=O) groups excluding carboxylic acids is 1. The molecule has 1 aromatic carbocycles. The maximum atomic E-state index is 11.5. The fraction of sp³-hybridized carbons (Fsp3) is 0.167. The molecule has 0 N–H and O–H groups in total. The van der Waals surface area contributed by atoms with E-state index in [4.69, 9.17) is 0 Å². The van der Waals surface area contributed by atoms with Gasteiger partial charge < -0.3 is 4.40 Å². The number of benzene rings is 1. The van der Waals surface area contributed by atoms with E-state index in [1.165, 1.54) is 11.1 Å². The third kappa shape index (κ3) is 1.94. The smallest absolute Gasteiger partial charge is 0.167 e. The van der Waals surface area contributed by atoms with Gasteiger partial charge in [0.15, 0.2) is 6.29 Å². The van der Waals surface area contributed by atoms with Crippen molar-refractivity contribution < 1.29 is 4.79 Å². The minimum Gasteiger partial charge on any atom is -0.313 e. The number of hydrogen-bond acceptors (Lipinski definition) is 1. The Kier molecular flexibility index (Phi) is 2.94. The first kappa shape index (κ1) is 12.7. The van der Waals surface area contributed by atoms with E-state index in [1.54, 1.807) is 0 Å². The van der Waals surface area contributed by atoms with E-state index in [9.17, 15) is 4.79 Å². The molecule has 100 valence electrons. The van der Waals surface area contributed by atoms with Crippen molar-refractivity contribution in [3.8, 4) is 11.1 Å². The lowest BCUT2D eigenvalue weighted by Gasteiger charge is -2.06. The van der Waals surface area contributed by atoms with Gasteiger partial charge in [-0.3, -0.25) is 4.79 Å². The van der Waals surface area contributed by atoms with Crippen molar-refractivity contribution in [3.05, 3.63) is 65.0 Å². The minimum absolute atomic E-state index is 0.718. The van der Waals surface area contributed by atoms with Crippen LogP contribution in [0.2, 0.25) is 0 Å². The van der Waals surface area contributed by atoms with Crippen LogP contribution < -0.4 is 0 Å². The van der Waals surface area contributed by atoms with Crippen LogP contribution in [0.4, 0.5) is 0 Å². The monoisotopic (exact) mass is 263 g/mol. The van der Waals surface area contributed by atoms with Crippen LogP contribution in [0.5, 0.6) is 0 Å². The van der Waals surface area contributed by atoms with Gasteiger partial charge in [-0.05, 0) is 49.6 Å². The van der Waals surface area contributed by atoms with Crippen molar-refractivity contribution in [3.63, 3.8) is 0 Å². The van der Waals surface area contributed by atoms with Crippen LogP contribution in [0.15, 0.2) is 42.6 Å². The lowest BCUT2D eigenvalue weighted by atomic mass is 9.99. The molecule has 0 amide bonds. The number of hydrogen-bond donors (Lipinski definition) is 0. The molecule has 0 saturated carbocycles. The van der Waals surface area contributed by atoms with Gasteiger partial charge in [-0.1, -0.05) is 29.8 Å². The highest BCUT2D eigenvalue weighted by atomic mass is 16.1. The summed E-state index contributed by atoms with van der Waals surface area (Å²) in [6, 6.07) is 12.5. The maximum absolute atomic E-state index is 11.5. The number of pyridine rings is 1. The second-order valence-electron chi connectivity index (χ2n) is 5.38. The number of fused-ring (bicyclic) bond motifs is 1. The molecule has 0 spiro atoms. The number of nitrogens with zero attached hydrogens (tertiary/aromatic N) is 1. The van der Waals surface area contributed by atoms with Crippen molar-refractivity contribution >= 4 is 11.8 Å². The quantitative estimate of drug-likeness (QED) is 0.630. The summed E-state index contributed by atoms with van der Waals surface area (Å²) in [5.41, 5.74) is 7.47. The molecule has 0 radical (unpaired) electrons. The fourth-order valence-corrected chi connectivity index (χ4v) is 2.75. The largest absolute Gasteiger partial charge is 0.313 e. The molecule has 0 saturated heterocycles. The zero-order chi connectivity index (χ0) is 14.3. The van der Waals surface area contributed by atoms with Gasteiger partial charge in [0.25, 0.3) is 0 Å². The minimum atomic E-state index is 0.718. The van der Waals surface area contributed by atoms with E-state index in [1.807, 2.05) is 17.5 Å². The third-order valence-corrected chi connectivity index (χ3v) is 3.74. The van der Waals surface area contributed by atoms with Gasteiger partial charge in [-0.25, -0.2) is 0 Å². The van der Waals surface area contributed by atoms with Crippen LogP contribution in [0.1, 0.15) is 27.2 Å². The number of aldehydes is 1. The molecule has 0 aliphatic heterocycles. The van der Waals surface area contributed by atoms with Crippen LogP contribution in [0, 0.1) is 20.8 Å². The molecule has 2 aromatic heterocycles. The Labute approximate surface area is 118 Å². The number of carbonyl (C=O) groups is 1. The summed E-state index contributed by atoms with van der Waals surface area (Å²) in [5.74, 6) is 0. The standard InChI is InChI=1S/C18H17NO/c1-12-5-7-16(14(3)8-12)17-9-15-6-4-13(2)10-19(15)18(17)11-20/h4-11H,1-3H3. The first-order valence-electron chi connectivity index (χ1n) is 6.74. The lowest BCUT2D eigenvalue weighted by Crippen LogP contribution is -1.94. The van der Waals surface area contributed by atoms with Crippen molar-refractivity contribution in [2.24, 2.45) is 0 Å². The molecule has 2 heterocycles. The van der Waals surface area contributed by atoms with Crippen LogP contribution in [0.25, 0.3) is 16.6 Å². The highest BCUT2D eigenvalue weighted by Crippen LogP contribution is 2.30. The summed E-state index contributed by atoms with van der Waals surface area (Å²) in [5, 5.41) is 0. The van der Waals surface area contributed by atoms with Gasteiger partial charge in [0, 0.05) is 17.3 Å². The average Bonchev–Trinajstić information content (AvgIpc) is 2.76. The van der Waals surface area contributed by atoms with Gasteiger partial charge in [0.1, 0.15) is 0 Å². The summed E-state index contributed by atoms with van der Waals surface area (Å²) in [6.45, 7) is 6.20. The topological polar surface area (TPSA) is 21.5 Å². The van der Waals surface area contributed by atoms with E-state index >= 15 is 0 Å². The molecule has 0 unspecified atom stereocenters. The van der Waals surface area contributed by atoms with Crippen molar-refractivity contribution in [1.29, 1.82) is 0 Å². The molecule has 0 bridgehead atoms. The van der Waals surface area contributed by atoms with E-state index in [0.29, 0.717) is 0 Å². The fourth-order valence-electron chi connectivity index (χ4n) is 2.75. The van der Waals surface area contributed by atoms with Gasteiger partial charge >= 0.3 is 0 Å². The average molecular weight is 263 g/mol. The molecule has 2 nitrogen and oxygen atoms in total. The zero-order valence-corrected chi connectivity index (χ0v) is 12.0. The molecule has 0 aliphatic rings. The van der Waals surface area contributed by atoms with E-state index in [-0.39, 0.29) is 0 Å². The first-order chi connectivity index (χ1) is 9.60. The Bertz CT molecular complexity index is 812. The maximum Gasteiger partial charge on any atom is 0.167 e. The van der Waals surface area contributed by atoms with Gasteiger partial charge in [-0.2, -0.15) is 0 Å². The van der Waals surface area contributed by atoms with Crippen LogP contribution in [-0.2, 0) is 0 Å². The summed E-state index contributed by atoms with van der Waals surface area (Å²) in [4.78, 5) is 11.5. The summed E-state index contributed by atoms with van der Waals surface area (Å²) in [6.07, 6.45) is 2.95. The predicted octanol–water partition coefficient (Wildman–Crippen LogP) is 4.34. The van der Waals surface area contributed by atoms with Gasteiger partial charge in [0.05, 0.1) is 5.69 Å². The third-order valence-electron chi connectivity index (χ3n) is 3.74. The van der Waals surface area contributed by atoms with E-state index < -0.39 is 0 Å². The Morgan fingerprint density at radius 1 is 0.900 bits per heavy atom. The van der Waals surface area contributed by atoms with Gasteiger partial charge in [-0.15, -0.1) is 0 Å². The second-order valence-corrected chi connectivity index (χ2v) is 5.38. The van der Waals surface area contributed by atoms with Crippen molar-refractivity contribution in [1.82, 2.24) is 4.40 Å². The Hall–Kier alpha value is -2.35. The van der Waals surface area contributed by atoms with Crippen molar-refractivity contribution in [2.75, 3.05) is 0 Å².